The fraction of sp³-hybridized carbons (Fsp3) is 0.444. The van der Waals surface area contributed by atoms with Gasteiger partial charge in [-0.3, -0.25) is 9.69 Å². The molecule has 1 N–H and O–H groups in total. The predicted octanol–water partition coefficient (Wildman–Crippen LogP) is 3.34. The van der Waals surface area contributed by atoms with Gasteiger partial charge in [0.2, 0.25) is 5.91 Å². The Hall–Kier alpha value is -3.24. The highest BCUT2D eigenvalue weighted by molar-refractivity contribution is 7.80. The average Bonchev–Trinajstić information content (AvgIpc) is 3.70. The highest BCUT2D eigenvalue weighted by Gasteiger charge is 2.34. The van der Waals surface area contributed by atoms with Crippen molar-refractivity contribution in [3.63, 3.8) is 0 Å². The van der Waals surface area contributed by atoms with Gasteiger partial charge in [0, 0.05) is 32.1 Å². The van der Waals surface area contributed by atoms with E-state index in [4.69, 9.17) is 21.7 Å². The first-order valence-electron chi connectivity index (χ1n) is 12.7. The molecule has 2 amide bonds. The van der Waals surface area contributed by atoms with Gasteiger partial charge >= 0.3 is 6.09 Å². The van der Waals surface area contributed by atoms with Gasteiger partial charge in [-0.05, 0) is 36.6 Å². The standard InChI is InChI=1S/C27H31FN4O4S/c28-23-14-21(32-16-22(36-27(32)34)15-29-26(37)20-6-7-20)8-9-24(23)30-10-12-31(13-11-30)25(33)18-35-17-19-4-2-1-3-5-19/h1-5,8-9,14,20,22H,6-7,10-13,15-18H2,(H,29,37). The van der Waals surface area contributed by atoms with Crippen LogP contribution in [0.15, 0.2) is 48.5 Å². The number of thiocarbonyl (C=S) groups is 1. The largest absolute Gasteiger partial charge is 0.442 e. The van der Waals surface area contributed by atoms with Gasteiger partial charge < -0.3 is 24.6 Å². The molecule has 1 saturated carbocycles. The Labute approximate surface area is 221 Å². The van der Waals surface area contributed by atoms with Crippen molar-refractivity contribution in [3.8, 4) is 0 Å². The van der Waals surface area contributed by atoms with E-state index in [1.54, 1.807) is 17.0 Å². The van der Waals surface area contributed by atoms with Gasteiger partial charge in [0.15, 0.2) is 0 Å². The Morgan fingerprint density at radius 2 is 1.86 bits per heavy atom. The number of carbonyl (C=O) groups is 2. The molecule has 3 fully saturated rings. The van der Waals surface area contributed by atoms with Crippen molar-refractivity contribution in [3.05, 3.63) is 59.9 Å². The Balaban J connectivity index is 1.09. The number of ether oxygens (including phenoxy) is 2. The van der Waals surface area contributed by atoms with Gasteiger partial charge in [-0.25, -0.2) is 9.18 Å². The molecule has 5 rings (SSSR count). The third kappa shape index (κ3) is 6.37. The van der Waals surface area contributed by atoms with E-state index in [0.717, 1.165) is 23.4 Å². The molecule has 0 radical (unpaired) electrons. The lowest BCUT2D eigenvalue weighted by atomic mass is 10.2. The van der Waals surface area contributed by atoms with Crippen LogP contribution in [0, 0.1) is 11.7 Å². The van der Waals surface area contributed by atoms with Gasteiger partial charge in [-0.1, -0.05) is 42.5 Å². The van der Waals surface area contributed by atoms with Crippen LogP contribution in [0.5, 0.6) is 0 Å². The number of cyclic esters (lactones) is 1. The summed E-state index contributed by atoms with van der Waals surface area (Å²) in [5.41, 5.74) is 1.94. The van der Waals surface area contributed by atoms with Crippen LogP contribution < -0.4 is 15.1 Å². The quantitative estimate of drug-likeness (QED) is 0.503. The summed E-state index contributed by atoms with van der Waals surface area (Å²) in [6.07, 6.45) is 1.40. The second kappa shape index (κ2) is 11.4. The molecule has 0 aromatic heterocycles. The van der Waals surface area contributed by atoms with Crippen LogP contribution in [0.4, 0.5) is 20.6 Å². The van der Waals surface area contributed by atoms with Crippen molar-refractivity contribution in [2.75, 3.05) is 55.7 Å². The van der Waals surface area contributed by atoms with Crippen molar-refractivity contribution in [2.45, 2.75) is 25.6 Å². The van der Waals surface area contributed by atoms with Crippen LogP contribution in [-0.2, 0) is 20.9 Å². The Morgan fingerprint density at radius 1 is 1.11 bits per heavy atom. The van der Waals surface area contributed by atoms with Crippen molar-refractivity contribution in [1.82, 2.24) is 10.2 Å². The van der Waals surface area contributed by atoms with Crippen LogP contribution in [0.2, 0.25) is 0 Å². The number of piperazine rings is 1. The molecule has 2 aliphatic heterocycles. The first kappa shape index (κ1) is 25.4. The maximum absolute atomic E-state index is 15.1. The monoisotopic (exact) mass is 526 g/mol. The number of anilines is 2. The maximum Gasteiger partial charge on any atom is 0.414 e. The zero-order valence-corrected chi connectivity index (χ0v) is 21.4. The van der Waals surface area contributed by atoms with Gasteiger partial charge in [-0.15, -0.1) is 0 Å². The molecule has 196 valence electrons. The number of hydrogen-bond acceptors (Lipinski definition) is 6. The molecule has 37 heavy (non-hydrogen) atoms. The van der Waals surface area contributed by atoms with Crippen molar-refractivity contribution < 1.29 is 23.5 Å². The van der Waals surface area contributed by atoms with Gasteiger partial charge in [0.05, 0.1) is 36.1 Å². The summed E-state index contributed by atoms with van der Waals surface area (Å²) in [5, 5.41) is 3.18. The summed E-state index contributed by atoms with van der Waals surface area (Å²) in [6, 6.07) is 14.5. The minimum Gasteiger partial charge on any atom is -0.442 e. The maximum atomic E-state index is 15.1. The number of halogens is 1. The number of nitrogens with one attached hydrogen (secondary N) is 1. The lowest BCUT2D eigenvalue weighted by Crippen LogP contribution is -2.50. The van der Waals surface area contributed by atoms with E-state index in [1.807, 2.05) is 35.2 Å². The zero-order chi connectivity index (χ0) is 25.8. The number of carbonyl (C=O) groups excluding carboxylic acids is 2. The smallest absolute Gasteiger partial charge is 0.414 e. The minimum absolute atomic E-state index is 0.0206. The van der Waals surface area contributed by atoms with E-state index < -0.39 is 11.9 Å². The van der Waals surface area contributed by atoms with Crippen LogP contribution in [0.1, 0.15) is 18.4 Å². The number of rotatable bonds is 9. The van der Waals surface area contributed by atoms with Crippen LogP contribution in [0.3, 0.4) is 0 Å². The molecular formula is C27H31FN4O4S. The third-order valence-corrected chi connectivity index (χ3v) is 7.36. The number of hydrogen-bond donors (Lipinski definition) is 1. The lowest BCUT2D eigenvalue weighted by Gasteiger charge is -2.36. The van der Waals surface area contributed by atoms with E-state index in [1.165, 1.54) is 11.0 Å². The van der Waals surface area contributed by atoms with Crippen molar-refractivity contribution in [1.29, 1.82) is 0 Å². The Kier molecular flexibility index (Phi) is 7.85. The third-order valence-electron chi connectivity index (χ3n) is 6.88. The summed E-state index contributed by atoms with van der Waals surface area (Å²) in [6.45, 7) is 3.22. The van der Waals surface area contributed by atoms with E-state index >= 15 is 4.39 Å². The average molecular weight is 527 g/mol. The van der Waals surface area contributed by atoms with E-state index in [0.29, 0.717) is 63.2 Å². The first-order chi connectivity index (χ1) is 18.0. The highest BCUT2D eigenvalue weighted by Crippen LogP contribution is 2.30. The summed E-state index contributed by atoms with van der Waals surface area (Å²) in [4.78, 5) is 30.8. The van der Waals surface area contributed by atoms with Gasteiger partial charge in [0.25, 0.3) is 0 Å². The molecule has 0 spiro atoms. The van der Waals surface area contributed by atoms with E-state index in [2.05, 4.69) is 5.32 Å². The molecule has 1 unspecified atom stereocenters. The van der Waals surface area contributed by atoms with Gasteiger partial charge in [0.1, 0.15) is 18.5 Å². The molecule has 2 aromatic rings. The highest BCUT2D eigenvalue weighted by atomic mass is 32.1. The second-order valence-corrected chi connectivity index (χ2v) is 10.1. The molecule has 2 heterocycles. The SMILES string of the molecule is O=C(COCc1ccccc1)N1CCN(c2ccc(N3CC(CNC(=S)C4CC4)OC3=O)cc2F)CC1. The van der Waals surface area contributed by atoms with E-state index in [-0.39, 0.29) is 18.6 Å². The molecule has 1 aliphatic carbocycles. The molecule has 10 heteroatoms. The summed E-state index contributed by atoms with van der Waals surface area (Å²) < 4.78 is 26.1. The molecule has 1 atom stereocenters. The normalized spacial score (nSPS) is 19.6. The van der Waals surface area contributed by atoms with E-state index in [9.17, 15) is 9.59 Å². The number of benzene rings is 2. The zero-order valence-electron chi connectivity index (χ0n) is 20.6. The summed E-state index contributed by atoms with van der Waals surface area (Å²) >= 11 is 5.33. The Morgan fingerprint density at radius 3 is 2.57 bits per heavy atom. The molecular weight excluding hydrogens is 495 g/mol. The fourth-order valence-corrected chi connectivity index (χ4v) is 4.90. The van der Waals surface area contributed by atoms with Crippen molar-refractivity contribution in [2.24, 2.45) is 5.92 Å². The summed E-state index contributed by atoms with van der Waals surface area (Å²) in [7, 11) is 0. The minimum atomic E-state index is -0.488. The Bertz CT molecular complexity index is 1140. The van der Waals surface area contributed by atoms with Crippen LogP contribution in [0.25, 0.3) is 0 Å². The predicted molar refractivity (Wildman–Crippen MR) is 142 cm³/mol. The van der Waals surface area contributed by atoms with Crippen molar-refractivity contribution >= 4 is 40.6 Å². The number of amides is 2. The molecule has 2 saturated heterocycles. The molecule has 0 bridgehead atoms. The second-order valence-electron chi connectivity index (χ2n) is 9.62. The van der Waals surface area contributed by atoms with Crippen LogP contribution in [-0.4, -0.2) is 73.9 Å². The molecule has 2 aromatic carbocycles. The number of nitrogens with zero attached hydrogens (tertiary/aromatic N) is 3. The van der Waals surface area contributed by atoms with Crippen LogP contribution >= 0.6 is 12.2 Å². The first-order valence-corrected chi connectivity index (χ1v) is 13.1. The van der Waals surface area contributed by atoms with Gasteiger partial charge in [-0.2, -0.15) is 0 Å². The fourth-order valence-electron chi connectivity index (χ4n) is 4.58. The molecule has 3 aliphatic rings. The lowest BCUT2D eigenvalue weighted by molar-refractivity contribution is -0.136. The summed E-state index contributed by atoms with van der Waals surface area (Å²) in [5.74, 6) is -0.0218. The topological polar surface area (TPSA) is 74.3 Å². The molecule has 8 nitrogen and oxygen atoms in total.